The summed E-state index contributed by atoms with van der Waals surface area (Å²) >= 11 is 0. The summed E-state index contributed by atoms with van der Waals surface area (Å²) in [4.78, 5) is 0. The first-order valence-corrected chi connectivity index (χ1v) is 5.19. The van der Waals surface area contributed by atoms with Crippen LogP contribution in [0.1, 0.15) is 18.3 Å². The highest BCUT2D eigenvalue weighted by Gasteiger charge is 2.02. The predicted octanol–water partition coefficient (Wildman–Crippen LogP) is 1.48. The van der Waals surface area contributed by atoms with E-state index in [9.17, 15) is 0 Å². The van der Waals surface area contributed by atoms with Crippen LogP contribution < -0.4 is 0 Å². The van der Waals surface area contributed by atoms with E-state index in [1.165, 1.54) is 5.56 Å². The average Bonchev–Trinajstić information content (AvgIpc) is 2.75. The molecule has 15 heavy (non-hydrogen) atoms. The second-order valence-corrected chi connectivity index (χ2v) is 3.41. The summed E-state index contributed by atoms with van der Waals surface area (Å²) in [6.07, 6.45) is 1.85. The van der Waals surface area contributed by atoms with E-state index in [-0.39, 0.29) is 0 Å². The monoisotopic (exact) mass is 202 g/mol. The zero-order valence-electron chi connectivity index (χ0n) is 8.80. The van der Waals surface area contributed by atoms with Crippen molar-refractivity contribution in [2.24, 2.45) is 0 Å². The molecular weight excluding hydrogens is 188 g/mol. The molecule has 1 heterocycles. The van der Waals surface area contributed by atoms with Gasteiger partial charge in [0.1, 0.15) is 0 Å². The van der Waals surface area contributed by atoms with Gasteiger partial charge < -0.3 is 0 Å². The van der Waals surface area contributed by atoms with E-state index in [4.69, 9.17) is 0 Å². The van der Waals surface area contributed by atoms with Gasteiger partial charge in [-0.3, -0.25) is 0 Å². The van der Waals surface area contributed by atoms with Crippen molar-refractivity contribution < 1.29 is 0 Å². The number of benzene rings is 1. The van der Waals surface area contributed by atoms with Crippen LogP contribution in [-0.2, 0) is 19.4 Å². The summed E-state index contributed by atoms with van der Waals surface area (Å²) in [7, 11) is 0. The van der Waals surface area contributed by atoms with Crippen molar-refractivity contribution in [3.05, 3.63) is 41.7 Å². The third kappa shape index (κ3) is 2.40. The molecule has 0 fully saturated rings. The molecule has 2 rings (SSSR count). The van der Waals surface area contributed by atoms with Crippen molar-refractivity contribution in [3.63, 3.8) is 0 Å². The van der Waals surface area contributed by atoms with Crippen LogP contribution in [0.5, 0.6) is 0 Å². The maximum absolute atomic E-state index is 3.96. The van der Waals surface area contributed by atoms with E-state index in [1.54, 1.807) is 0 Å². The van der Waals surface area contributed by atoms with Gasteiger partial charge in [0.2, 0.25) is 0 Å². The first-order valence-electron chi connectivity index (χ1n) is 5.19. The molecule has 4 nitrogen and oxygen atoms in total. The summed E-state index contributed by atoms with van der Waals surface area (Å²) in [6.45, 7) is 2.91. The Kier molecular flexibility index (Phi) is 3.07. The van der Waals surface area contributed by atoms with Crippen molar-refractivity contribution in [3.8, 4) is 0 Å². The van der Waals surface area contributed by atoms with Crippen molar-refractivity contribution in [1.29, 1.82) is 0 Å². The van der Waals surface area contributed by atoms with Crippen molar-refractivity contribution in [2.45, 2.75) is 26.3 Å². The van der Waals surface area contributed by atoms with Crippen LogP contribution in [0.3, 0.4) is 0 Å². The standard InChI is InChI=1S/C11H14N4/c1-2-11-12-13-14-15(11)9-8-10-6-4-3-5-7-10/h3-7H,2,8-9H2,1H3. The number of aromatic nitrogens is 4. The third-order valence-electron chi connectivity index (χ3n) is 2.38. The van der Waals surface area contributed by atoms with E-state index < -0.39 is 0 Å². The van der Waals surface area contributed by atoms with Crippen LogP contribution in [-0.4, -0.2) is 20.2 Å². The molecule has 0 unspecified atom stereocenters. The second kappa shape index (κ2) is 4.68. The Morgan fingerprint density at radius 3 is 2.73 bits per heavy atom. The summed E-state index contributed by atoms with van der Waals surface area (Å²) in [5.74, 6) is 0.950. The minimum absolute atomic E-state index is 0.847. The van der Waals surface area contributed by atoms with E-state index in [0.29, 0.717) is 0 Å². The molecule has 78 valence electrons. The smallest absolute Gasteiger partial charge is 0.150 e. The fourth-order valence-electron chi connectivity index (χ4n) is 1.53. The lowest BCUT2D eigenvalue weighted by Gasteiger charge is -2.02. The summed E-state index contributed by atoms with van der Waals surface area (Å²) in [5.41, 5.74) is 1.31. The minimum Gasteiger partial charge on any atom is -0.229 e. The Morgan fingerprint density at radius 2 is 2.00 bits per heavy atom. The van der Waals surface area contributed by atoms with Crippen LogP contribution in [0.15, 0.2) is 30.3 Å². The molecule has 0 amide bonds. The van der Waals surface area contributed by atoms with Gasteiger partial charge in [-0.1, -0.05) is 37.3 Å². The zero-order chi connectivity index (χ0) is 10.5. The summed E-state index contributed by atoms with van der Waals surface area (Å²) < 4.78 is 1.87. The number of tetrazole rings is 1. The number of hydrogen-bond acceptors (Lipinski definition) is 3. The van der Waals surface area contributed by atoms with Gasteiger partial charge in [0.25, 0.3) is 0 Å². The maximum Gasteiger partial charge on any atom is 0.150 e. The highest BCUT2D eigenvalue weighted by Crippen LogP contribution is 2.02. The van der Waals surface area contributed by atoms with E-state index in [1.807, 2.05) is 10.7 Å². The van der Waals surface area contributed by atoms with E-state index >= 15 is 0 Å². The molecule has 0 N–H and O–H groups in total. The Hall–Kier alpha value is -1.71. The maximum atomic E-state index is 3.96. The molecule has 0 aliphatic carbocycles. The van der Waals surface area contributed by atoms with Crippen LogP contribution in [0.4, 0.5) is 0 Å². The Labute approximate surface area is 88.9 Å². The van der Waals surface area contributed by atoms with Gasteiger partial charge >= 0.3 is 0 Å². The van der Waals surface area contributed by atoms with Crippen molar-refractivity contribution in [1.82, 2.24) is 20.2 Å². The first-order chi connectivity index (χ1) is 7.40. The predicted molar refractivity (Wildman–Crippen MR) is 57.3 cm³/mol. The average molecular weight is 202 g/mol. The highest BCUT2D eigenvalue weighted by molar-refractivity contribution is 5.14. The quantitative estimate of drug-likeness (QED) is 0.754. The van der Waals surface area contributed by atoms with Crippen LogP contribution in [0.2, 0.25) is 0 Å². The van der Waals surface area contributed by atoms with Gasteiger partial charge in [0.15, 0.2) is 5.82 Å². The molecule has 0 radical (unpaired) electrons. The zero-order valence-corrected chi connectivity index (χ0v) is 8.80. The fraction of sp³-hybridized carbons (Fsp3) is 0.364. The number of hydrogen-bond donors (Lipinski definition) is 0. The van der Waals surface area contributed by atoms with Gasteiger partial charge in [-0.25, -0.2) is 4.68 Å². The summed E-state index contributed by atoms with van der Waals surface area (Å²) in [6, 6.07) is 10.4. The molecule has 0 saturated heterocycles. The van der Waals surface area contributed by atoms with Crippen molar-refractivity contribution in [2.75, 3.05) is 0 Å². The van der Waals surface area contributed by atoms with Gasteiger partial charge in [-0.05, 0) is 22.4 Å². The molecule has 0 aliphatic rings. The Morgan fingerprint density at radius 1 is 1.20 bits per heavy atom. The topological polar surface area (TPSA) is 43.6 Å². The molecule has 2 aromatic rings. The molecule has 0 atom stereocenters. The van der Waals surface area contributed by atoms with Crippen LogP contribution in [0, 0.1) is 0 Å². The van der Waals surface area contributed by atoms with E-state index in [2.05, 4.69) is 46.7 Å². The minimum atomic E-state index is 0.847. The fourth-order valence-corrected chi connectivity index (χ4v) is 1.53. The van der Waals surface area contributed by atoms with Crippen LogP contribution in [0.25, 0.3) is 0 Å². The van der Waals surface area contributed by atoms with Gasteiger partial charge in [0.05, 0.1) is 0 Å². The normalized spacial score (nSPS) is 10.5. The van der Waals surface area contributed by atoms with Gasteiger partial charge in [-0.2, -0.15) is 0 Å². The Balaban J connectivity index is 1.99. The van der Waals surface area contributed by atoms with Gasteiger partial charge in [0, 0.05) is 13.0 Å². The molecule has 0 bridgehead atoms. The first kappa shape index (κ1) is 9.83. The van der Waals surface area contributed by atoms with E-state index in [0.717, 1.165) is 25.2 Å². The molecule has 0 spiro atoms. The number of aryl methyl sites for hydroxylation is 3. The van der Waals surface area contributed by atoms with Crippen LogP contribution >= 0.6 is 0 Å². The summed E-state index contributed by atoms with van der Waals surface area (Å²) in [5, 5.41) is 11.6. The number of rotatable bonds is 4. The molecule has 1 aromatic heterocycles. The molecule has 4 heteroatoms. The molecule has 0 saturated carbocycles. The molecule has 0 aliphatic heterocycles. The van der Waals surface area contributed by atoms with Crippen molar-refractivity contribution >= 4 is 0 Å². The lowest BCUT2D eigenvalue weighted by Crippen LogP contribution is -2.07. The Bertz CT molecular complexity index is 408. The second-order valence-electron chi connectivity index (χ2n) is 3.41. The lowest BCUT2D eigenvalue weighted by molar-refractivity contribution is 0.567. The lowest BCUT2D eigenvalue weighted by atomic mass is 10.1. The van der Waals surface area contributed by atoms with Gasteiger partial charge in [-0.15, -0.1) is 5.10 Å². The molecular formula is C11H14N4. The largest absolute Gasteiger partial charge is 0.229 e. The number of nitrogens with zero attached hydrogens (tertiary/aromatic N) is 4. The third-order valence-corrected chi connectivity index (χ3v) is 2.38. The highest BCUT2D eigenvalue weighted by atomic mass is 15.5. The SMILES string of the molecule is CCc1nnnn1CCc1ccccc1. The molecule has 1 aromatic carbocycles.